The van der Waals surface area contributed by atoms with Gasteiger partial charge in [0.1, 0.15) is 11.8 Å². The third-order valence-electron chi connectivity index (χ3n) is 7.25. The summed E-state index contributed by atoms with van der Waals surface area (Å²) in [5, 5.41) is 6.03. The number of rotatable bonds is 6. The highest BCUT2D eigenvalue weighted by molar-refractivity contribution is 5.98. The second-order valence-electron chi connectivity index (χ2n) is 9.84. The van der Waals surface area contributed by atoms with Crippen LogP contribution in [-0.2, 0) is 9.59 Å². The quantitative estimate of drug-likeness (QED) is 0.589. The van der Waals surface area contributed by atoms with Gasteiger partial charge in [0.15, 0.2) is 0 Å². The fourth-order valence-electron chi connectivity index (χ4n) is 6.25. The zero-order valence-electron chi connectivity index (χ0n) is 18.1. The Kier molecular flexibility index (Phi) is 6.56. The Morgan fingerprint density at radius 3 is 2.13 bits per heavy atom. The van der Waals surface area contributed by atoms with Gasteiger partial charge in [-0.15, -0.1) is 12.4 Å². The van der Waals surface area contributed by atoms with E-state index in [1.165, 1.54) is 19.3 Å². The molecule has 0 saturated heterocycles. The maximum Gasteiger partial charge on any atom is 0.247 e. The highest BCUT2D eigenvalue weighted by Gasteiger charge is 2.55. The van der Waals surface area contributed by atoms with Crippen LogP contribution in [-0.4, -0.2) is 25.0 Å². The molecule has 6 nitrogen and oxygen atoms in total. The van der Waals surface area contributed by atoms with Crippen molar-refractivity contribution in [1.29, 1.82) is 0 Å². The van der Waals surface area contributed by atoms with Crippen LogP contribution >= 0.6 is 12.4 Å². The fraction of sp³-hybridized carbons (Fsp3) is 0.652. The van der Waals surface area contributed by atoms with E-state index < -0.39 is 6.04 Å². The minimum atomic E-state index is -0.571. The lowest BCUT2D eigenvalue weighted by molar-refractivity contribution is -0.148. The Morgan fingerprint density at radius 2 is 1.67 bits per heavy atom. The van der Waals surface area contributed by atoms with Crippen LogP contribution < -0.4 is 21.1 Å². The number of anilines is 2. The van der Waals surface area contributed by atoms with Gasteiger partial charge in [0.25, 0.3) is 0 Å². The molecule has 1 aromatic rings. The number of nitrogens with two attached hydrogens (primary N) is 1. The predicted octanol–water partition coefficient (Wildman–Crippen LogP) is 3.99. The van der Waals surface area contributed by atoms with Crippen molar-refractivity contribution in [3.63, 3.8) is 0 Å². The normalized spacial score (nSPS) is 29.8. The van der Waals surface area contributed by atoms with Crippen LogP contribution in [0.15, 0.2) is 18.2 Å². The van der Waals surface area contributed by atoms with Crippen molar-refractivity contribution in [2.45, 2.75) is 58.4 Å². The molecule has 1 aromatic carbocycles. The SMILES string of the molecule is COc1ccc(NC(=O)C(NC(=O)C23CC4CC(CC(C4)C2)C3)C(C)C)cc1N.Cl. The molecule has 5 rings (SSSR count). The van der Waals surface area contributed by atoms with Gasteiger partial charge in [-0.1, -0.05) is 13.8 Å². The molecule has 0 spiro atoms. The van der Waals surface area contributed by atoms with Crippen molar-refractivity contribution in [3.8, 4) is 5.75 Å². The lowest BCUT2D eigenvalue weighted by atomic mass is 9.49. The van der Waals surface area contributed by atoms with Crippen LogP contribution in [0, 0.1) is 29.1 Å². The van der Waals surface area contributed by atoms with Crippen molar-refractivity contribution in [2.24, 2.45) is 29.1 Å². The van der Waals surface area contributed by atoms with Crippen LogP contribution in [0.5, 0.6) is 5.75 Å². The molecular weight excluding hydrogens is 402 g/mol. The first-order valence-electron chi connectivity index (χ1n) is 10.8. The van der Waals surface area contributed by atoms with Gasteiger partial charge in [-0.3, -0.25) is 9.59 Å². The van der Waals surface area contributed by atoms with E-state index in [4.69, 9.17) is 10.5 Å². The summed E-state index contributed by atoms with van der Waals surface area (Å²) in [6, 6.07) is 4.59. The molecule has 0 radical (unpaired) electrons. The topological polar surface area (TPSA) is 93.5 Å². The monoisotopic (exact) mass is 435 g/mol. The molecule has 4 aliphatic carbocycles. The van der Waals surface area contributed by atoms with Gasteiger partial charge in [0, 0.05) is 11.1 Å². The lowest BCUT2D eigenvalue weighted by Gasteiger charge is -2.55. The van der Waals surface area contributed by atoms with Gasteiger partial charge in [0.05, 0.1) is 12.8 Å². The summed E-state index contributed by atoms with van der Waals surface area (Å²) in [6.07, 6.45) is 6.85. The number of halogens is 1. The summed E-state index contributed by atoms with van der Waals surface area (Å²) < 4.78 is 5.17. The van der Waals surface area contributed by atoms with Crippen molar-refractivity contribution in [1.82, 2.24) is 5.32 Å². The highest BCUT2D eigenvalue weighted by atomic mass is 35.5. The number of nitrogen functional groups attached to an aromatic ring is 1. The summed E-state index contributed by atoms with van der Waals surface area (Å²) in [7, 11) is 1.55. The molecule has 0 aliphatic heterocycles. The number of nitrogens with one attached hydrogen (secondary N) is 2. The Morgan fingerprint density at radius 1 is 1.10 bits per heavy atom. The largest absolute Gasteiger partial charge is 0.495 e. The minimum Gasteiger partial charge on any atom is -0.495 e. The zero-order chi connectivity index (χ0) is 20.8. The van der Waals surface area contributed by atoms with E-state index in [9.17, 15) is 9.59 Å². The van der Waals surface area contributed by atoms with E-state index in [-0.39, 0.29) is 35.6 Å². The molecular formula is C23H34ClN3O3. The lowest BCUT2D eigenvalue weighted by Crippen LogP contribution is -2.57. The molecule has 4 bridgehead atoms. The maximum absolute atomic E-state index is 13.4. The molecule has 2 amide bonds. The molecule has 1 unspecified atom stereocenters. The summed E-state index contributed by atoms with van der Waals surface area (Å²) in [4.78, 5) is 26.4. The molecule has 7 heteroatoms. The average molecular weight is 436 g/mol. The number of benzene rings is 1. The third kappa shape index (κ3) is 4.25. The Hall–Kier alpha value is -1.95. The standard InChI is InChI=1S/C23H33N3O3.ClH/c1-13(2)20(21(27)25-17-4-5-19(29-3)18(24)9-17)26-22(28)23-10-14-6-15(11-23)8-16(7-14)12-23;/h4-5,9,13-16,20H,6-8,10-12,24H2,1-3H3,(H,25,27)(H,26,28);1H. The Balaban J connectivity index is 0.00000256. The van der Waals surface area contributed by atoms with Crippen LogP contribution in [0.25, 0.3) is 0 Å². The molecule has 4 saturated carbocycles. The molecule has 4 N–H and O–H groups in total. The van der Waals surface area contributed by atoms with Gasteiger partial charge in [-0.05, 0) is 80.4 Å². The zero-order valence-corrected chi connectivity index (χ0v) is 18.9. The predicted molar refractivity (Wildman–Crippen MR) is 121 cm³/mol. The van der Waals surface area contributed by atoms with E-state index in [2.05, 4.69) is 10.6 Å². The first-order valence-corrected chi connectivity index (χ1v) is 10.8. The van der Waals surface area contributed by atoms with Crippen LogP contribution in [0.1, 0.15) is 52.4 Å². The molecule has 0 aromatic heterocycles. The van der Waals surface area contributed by atoms with Gasteiger partial charge in [-0.2, -0.15) is 0 Å². The number of methoxy groups -OCH3 is 1. The van der Waals surface area contributed by atoms with E-state index in [1.807, 2.05) is 13.8 Å². The average Bonchev–Trinajstić information content (AvgIpc) is 2.64. The molecule has 4 fully saturated rings. The Labute approximate surface area is 185 Å². The smallest absolute Gasteiger partial charge is 0.247 e. The summed E-state index contributed by atoms with van der Waals surface area (Å²) >= 11 is 0. The molecule has 30 heavy (non-hydrogen) atoms. The Bertz CT molecular complexity index is 776. The number of amides is 2. The number of hydrogen-bond acceptors (Lipinski definition) is 4. The van der Waals surface area contributed by atoms with E-state index >= 15 is 0 Å². The van der Waals surface area contributed by atoms with E-state index in [0.29, 0.717) is 34.9 Å². The van der Waals surface area contributed by atoms with Gasteiger partial charge in [0.2, 0.25) is 11.8 Å². The van der Waals surface area contributed by atoms with Crippen molar-refractivity contribution >= 4 is 35.6 Å². The van der Waals surface area contributed by atoms with Crippen molar-refractivity contribution in [2.75, 3.05) is 18.2 Å². The van der Waals surface area contributed by atoms with Crippen LogP contribution in [0.2, 0.25) is 0 Å². The highest BCUT2D eigenvalue weighted by Crippen LogP contribution is 2.60. The van der Waals surface area contributed by atoms with Gasteiger partial charge < -0.3 is 21.1 Å². The number of ether oxygens (including phenoxy) is 1. The second-order valence-corrected chi connectivity index (χ2v) is 9.84. The first-order chi connectivity index (χ1) is 13.8. The van der Waals surface area contributed by atoms with Crippen molar-refractivity contribution in [3.05, 3.63) is 18.2 Å². The van der Waals surface area contributed by atoms with Gasteiger partial charge in [-0.25, -0.2) is 0 Å². The molecule has 1 atom stereocenters. The number of carbonyl (C=O) groups excluding carboxylic acids is 2. The second kappa shape index (κ2) is 8.66. The number of hydrogen-bond donors (Lipinski definition) is 3. The molecule has 4 aliphatic rings. The van der Waals surface area contributed by atoms with Crippen LogP contribution in [0.3, 0.4) is 0 Å². The summed E-state index contributed by atoms with van der Waals surface area (Å²) in [6.45, 7) is 3.93. The minimum absolute atomic E-state index is 0. The molecule has 0 heterocycles. The van der Waals surface area contributed by atoms with Crippen LogP contribution in [0.4, 0.5) is 11.4 Å². The fourth-order valence-corrected chi connectivity index (χ4v) is 6.25. The maximum atomic E-state index is 13.4. The molecule has 166 valence electrons. The summed E-state index contributed by atoms with van der Waals surface area (Å²) in [5.41, 5.74) is 6.75. The number of carbonyl (C=O) groups is 2. The summed E-state index contributed by atoms with van der Waals surface area (Å²) in [5.74, 6) is 2.52. The third-order valence-corrected chi connectivity index (χ3v) is 7.25. The van der Waals surface area contributed by atoms with E-state index in [0.717, 1.165) is 19.3 Å². The van der Waals surface area contributed by atoms with E-state index in [1.54, 1.807) is 25.3 Å². The van der Waals surface area contributed by atoms with Crippen molar-refractivity contribution < 1.29 is 14.3 Å². The van der Waals surface area contributed by atoms with Gasteiger partial charge >= 0.3 is 0 Å². The first kappa shape index (κ1) is 22.7.